The van der Waals surface area contributed by atoms with Gasteiger partial charge in [0.2, 0.25) is 5.88 Å². The van der Waals surface area contributed by atoms with E-state index in [1.807, 2.05) is 18.2 Å². The summed E-state index contributed by atoms with van der Waals surface area (Å²) in [5.41, 5.74) is 5.11. The number of anilines is 1. The molecule has 11 heteroatoms. The van der Waals surface area contributed by atoms with Crippen molar-refractivity contribution >= 4 is 57.9 Å². The predicted octanol–water partition coefficient (Wildman–Crippen LogP) is 5.41. The monoisotopic (exact) mass is 502 g/mol. The molecule has 3 aromatic carbocycles. The Morgan fingerprint density at radius 1 is 1.06 bits per heavy atom. The fourth-order valence-corrected chi connectivity index (χ4v) is 4.56. The minimum atomic E-state index is -1.48. The van der Waals surface area contributed by atoms with Crippen LogP contribution in [0, 0.1) is 0 Å². The second-order valence-electron chi connectivity index (χ2n) is 7.81. The quantitative estimate of drug-likeness (QED) is 0.233. The van der Waals surface area contributed by atoms with Crippen molar-refractivity contribution in [3.8, 4) is 17.0 Å². The van der Waals surface area contributed by atoms with Gasteiger partial charge in [-0.2, -0.15) is 8.75 Å². The number of aromatic nitrogens is 3. The number of aldehydes is 1. The Morgan fingerprint density at radius 2 is 1.83 bits per heavy atom. The van der Waals surface area contributed by atoms with E-state index in [4.69, 9.17) is 9.47 Å². The first-order valence-corrected chi connectivity index (χ1v) is 11.4. The summed E-state index contributed by atoms with van der Waals surface area (Å²) in [4.78, 5) is 34.7. The molecule has 0 atom stereocenters. The highest BCUT2D eigenvalue weighted by Gasteiger charge is 2.23. The number of carbonyl (C=O) groups excluding carboxylic acids is 2. The number of hydrogen-bond donors (Lipinski definition) is 2. The molecule has 0 radical (unpaired) electrons. The Morgan fingerprint density at radius 3 is 2.56 bits per heavy atom. The van der Waals surface area contributed by atoms with E-state index >= 15 is 0 Å². The Labute approximate surface area is 208 Å². The van der Waals surface area contributed by atoms with Crippen LogP contribution in [0.4, 0.5) is 15.3 Å². The van der Waals surface area contributed by atoms with Crippen molar-refractivity contribution in [1.29, 1.82) is 0 Å². The summed E-state index contributed by atoms with van der Waals surface area (Å²) < 4.78 is 20.3. The van der Waals surface area contributed by atoms with Crippen LogP contribution in [0.25, 0.3) is 33.1 Å². The summed E-state index contributed by atoms with van der Waals surface area (Å²) in [6.45, 7) is 0.281. The molecule has 0 aliphatic carbocycles. The van der Waals surface area contributed by atoms with Gasteiger partial charge in [0.25, 0.3) is 0 Å². The highest BCUT2D eigenvalue weighted by Crippen LogP contribution is 2.42. The number of rotatable bonds is 6. The number of carbonyl (C=O) groups is 3. The Hall–Kier alpha value is -4.77. The van der Waals surface area contributed by atoms with Gasteiger partial charge in [0.1, 0.15) is 17.3 Å². The van der Waals surface area contributed by atoms with E-state index in [2.05, 4.69) is 14.1 Å². The summed E-state index contributed by atoms with van der Waals surface area (Å²) in [6, 6.07) is 17.5. The molecule has 0 fully saturated rings. The number of fused-ring (bicyclic) bond motifs is 2. The maximum atomic E-state index is 11.8. The lowest BCUT2D eigenvalue weighted by atomic mass is 10.0. The SMILES string of the molecule is COC(=O)Nc1ccc2c(c1)c(-c1ccc(C=O)cc1)c(OC(=O)O)n2Cc1ccc2nsnc2c1. The standard InChI is InChI=1S/C25H18N4O6S/c1-34-24(31)26-17-7-9-21-18(11-17)22(16-5-2-14(13-30)3-6-16)23(35-25(32)33)29(21)12-15-4-8-19-20(10-15)28-36-27-19/h2-11,13H,12H2,1H3,(H,26,31)(H,32,33). The summed E-state index contributed by atoms with van der Waals surface area (Å²) in [6.07, 6.45) is -1.39. The molecule has 2 heterocycles. The van der Waals surface area contributed by atoms with Gasteiger partial charge in [-0.25, -0.2) is 9.59 Å². The second kappa shape index (κ2) is 9.47. The largest absolute Gasteiger partial charge is 0.512 e. The van der Waals surface area contributed by atoms with E-state index in [1.54, 1.807) is 47.0 Å². The zero-order valence-corrected chi connectivity index (χ0v) is 19.6. The molecule has 0 saturated heterocycles. The third-order valence-corrected chi connectivity index (χ3v) is 6.18. The smallest absolute Gasteiger partial charge is 0.453 e. The van der Waals surface area contributed by atoms with E-state index in [9.17, 15) is 19.5 Å². The topological polar surface area (TPSA) is 133 Å². The molecule has 2 aromatic heterocycles. The number of nitrogens with zero attached hydrogens (tertiary/aromatic N) is 3. The number of hydrogen-bond acceptors (Lipinski definition) is 8. The molecular weight excluding hydrogens is 484 g/mol. The van der Waals surface area contributed by atoms with E-state index in [-0.39, 0.29) is 12.4 Å². The molecule has 5 aromatic rings. The molecule has 0 spiro atoms. The molecule has 36 heavy (non-hydrogen) atoms. The van der Waals surface area contributed by atoms with Gasteiger partial charge in [-0.3, -0.25) is 10.1 Å². The van der Waals surface area contributed by atoms with Crippen LogP contribution in [0.2, 0.25) is 0 Å². The molecule has 10 nitrogen and oxygen atoms in total. The molecular formula is C25H18N4O6S. The number of amides is 1. The van der Waals surface area contributed by atoms with E-state index in [1.165, 1.54) is 7.11 Å². The van der Waals surface area contributed by atoms with Gasteiger partial charge in [0.05, 0.1) is 36.5 Å². The average molecular weight is 503 g/mol. The molecule has 0 aliphatic rings. The van der Waals surface area contributed by atoms with Crippen molar-refractivity contribution < 1.29 is 29.0 Å². The molecule has 180 valence electrons. The van der Waals surface area contributed by atoms with Crippen molar-refractivity contribution in [3.63, 3.8) is 0 Å². The van der Waals surface area contributed by atoms with Crippen LogP contribution in [-0.4, -0.2) is 44.1 Å². The van der Waals surface area contributed by atoms with Gasteiger partial charge in [0, 0.05) is 16.6 Å². The zero-order valence-electron chi connectivity index (χ0n) is 18.8. The summed E-state index contributed by atoms with van der Waals surface area (Å²) >= 11 is 1.12. The molecule has 1 amide bonds. The van der Waals surface area contributed by atoms with Crippen molar-refractivity contribution in [1.82, 2.24) is 13.3 Å². The Balaban J connectivity index is 1.74. The fraction of sp³-hybridized carbons (Fsp3) is 0.0800. The maximum absolute atomic E-state index is 11.8. The first-order chi connectivity index (χ1) is 17.5. The van der Waals surface area contributed by atoms with Crippen LogP contribution in [-0.2, 0) is 11.3 Å². The highest BCUT2D eigenvalue weighted by atomic mass is 32.1. The van der Waals surface area contributed by atoms with Crippen molar-refractivity contribution in [3.05, 3.63) is 71.8 Å². The third kappa shape index (κ3) is 4.34. The molecule has 0 unspecified atom stereocenters. The first kappa shape index (κ1) is 23.0. The Bertz CT molecular complexity index is 1620. The number of nitrogens with one attached hydrogen (secondary N) is 1. The van der Waals surface area contributed by atoms with Crippen LogP contribution in [0.15, 0.2) is 60.7 Å². The van der Waals surface area contributed by atoms with Gasteiger partial charge in [-0.05, 0) is 41.5 Å². The summed E-state index contributed by atoms with van der Waals surface area (Å²) in [5, 5.41) is 12.8. The van der Waals surface area contributed by atoms with Crippen molar-refractivity contribution in [2.45, 2.75) is 6.54 Å². The number of benzene rings is 3. The minimum absolute atomic E-state index is 0.100. The van der Waals surface area contributed by atoms with Crippen LogP contribution in [0.1, 0.15) is 15.9 Å². The summed E-state index contributed by atoms with van der Waals surface area (Å²) in [7, 11) is 1.26. The van der Waals surface area contributed by atoms with E-state index < -0.39 is 12.2 Å². The van der Waals surface area contributed by atoms with Crippen molar-refractivity contribution in [2.75, 3.05) is 12.4 Å². The van der Waals surface area contributed by atoms with Gasteiger partial charge >= 0.3 is 12.2 Å². The molecule has 0 aliphatic heterocycles. The number of ether oxygens (including phenoxy) is 2. The van der Waals surface area contributed by atoms with E-state index in [0.717, 1.165) is 34.6 Å². The minimum Gasteiger partial charge on any atom is -0.453 e. The van der Waals surface area contributed by atoms with Crippen molar-refractivity contribution in [2.24, 2.45) is 0 Å². The van der Waals surface area contributed by atoms with Gasteiger partial charge < -0.3 is 19.1 Å². The number of methoxy groups -OCH3 is 1. The van der Waals surface area contributed by atoms with Crippen LogP contribution >= 0.6 is 11.7 Å². The van der Waals surface area contributed by atoms with Gasteiger partial charge in [-0.15, -0.1) is 0 Å². The summed E-state index contributed by atoms with van der Waals surface area (Å²) in [5.74, 6) is 0.100. The third-order valence-electron chi connectivity index (χ3n) is 5.63. The lowest BCUT2D eigenvalue weighted by molar-refractivity contribution is 0.112. The maximum Gasteiger partial charge on any atom is 0.512 e. The van der Waals surface area contributed by atoms with Crippen LogP contribution in [0.3, 0.4) is 0 Å². The lowest BCUT2D eigenvalue weighted by Gasteiger charge is -2.11. The second-order valence-corrected chi connectivity index (χ2v) is 8.34. The van der Waals surface area contributed by atoms with E-state index in [0.29, 0.717) is 33.3 Å². The first-order valence-electron chi connectivity index (χ1n) is 10.7. The number of carboxylic acid groups (broad SMARTS) is 1. The molecule has 2 N–H and O–H groups in total. The van der Waals surface area contributed by atoms with Gasteiger partial charge in [0.15, 0.2) is 0 Å². The molecule has 0 saturated carbocycles. The fourth-order valence-electron chi connectivity index (χ4n) is 4.04. The zero-order chi connectivity index (χ0) is 25.2. The van der Waals surface area contributed by atoms with Crippen LogP contribution in [0.5, 0.6) is 5.88 Å². The highest BCUT2D eigenvalue weighted by molar-refractivity contribution is 7.00. The molecule has 0 bridgehead atoms. The Kier molecular flexibility index (Phi) is 6.05. The predicted molar refractivity (Wildman–Crippen MR) is 134 cm³/mol. The molecule has 5 rings (SSSR count). The lowest BCUT2D eigenvalue weighted by Crippen LogP contribution is -2.11. The normalized spacial score (nSPS) is 10.9. The van der Waals surface area contributed by atoms with Gasteiger partial charge in [-0.1, -0.05) is 30.3 Å². The van der Waals surface area contributed by atoms with Crippen LogP contribution < -0.4 is 10.1 Å². The average Bonchev–Trinajstić information content (AvgIpc) is 3.46.